The second kappa shape index (κ2) is 10.7. The summed E-state index contributed by atoms with van der Waals surface area (Å²) < 4.78 is 6.46. The van der Waals surface area contributed by atoms with Crippen LogP contribution in [0.3, 0.4) is 0 Å². The van der Waals surface area contributed by atoms with Crippen molar-refractivity contribution in [2.75, 3.05) is 0 Å². The first-order chi connectivity index (χ1) is 14.5. The predicted octanol–water partition coefficient (Wildman–Crippen LogP) is 8.15. The van der Waals surface area contributed by atoms with Crippen LogP contribution < -0.4 is 4.74 Å². The monoisotopic (exact) mass is 420 g/mol. The number of benzene rings is 1. The molecule has 0 spiro atoms. The van der Waals surface area contributed by atoms with E-state index in [1.807, 2.05) is 20.8 Å². The van der Waals surface area contributed by atoms with Gasteiger partial charge in [-0.05, 0) is 104 Å². The molecule has 1 aliphatic heterocycles. The van der Waals surface area contributed by atoms with E-state index >= 15 is 0 Å². The summed E-state index contributed by atoms with van der Waals surface area (Å²) >= 11 is 0. The molecule has 1 aliphatic rings. The highest BCUT2D eigenvalue weighted by Crippen LogP contribution is 2.43. The van der Waals surface area contributed by atoms with Crippen molar-refractivity contribution >= 4 is 0 Å². The fourth-order valence-electron chi connectivity index (χ4n) is 3.88. The van der Waals surface area contributed by atoms with Crippen molar-refractivity contribution in [3.8, 4) is 11.5 Å². The van der Waals surface area contributed by atoms with Crippen molar-refractivity contribution in [3.63, 3.8) is 0 Å². The third-order valence-corrected chi connectivity index (χ3v) is 6.19. The van der Waals surface area contributed by atoms with E-state index in [2.05, 4.69) is 77.2 Å². The van der Waals surface area contributed by atoms with E-state index in [0.29, 0.717) is 5.75 Å². The van der Waals surface area contributed by atoms with Crippen LogP contribution in [0.25, 0.3) is 0 Å². The lowest BCUT2D eigenvalue weighted by atomic mass is 9.87. The minimum atomic E-state index is -0.338. The molecular weight excluding hydrogens is 380 g/mol. The van der Waals surface area contributed by atoms with Crippen molar-refractivity contribution in [1.29, 1.82) is 0 Å². The van der Waals surface area contributed by atoms with Crippen LogP contribution in [-0.4, -0.2) is 10.7 Å². The Morgan fingerprint density at radius 1 is 1.00 bits per heavy atom. The second-order valence-corrected chi connectivity index (χ2v) is 9.41. The third kappa shape index (κ3) is 6.75. The lowest BCUT2D eigenvalue weighted by Gasteiger charge is -2.36. The quantitative estimate of drug-likeness (QED) is 0.356. The summed E-state index contributed by atoms with van der Waals surface area (Å²) in [6.07, 6.45) is 19.2. The second-order valence-electron chi connectivity index (χ2n) is 9.41. The molecule has 168 valence electrons. The largest absolute Gasteiger partial charge is 0.507 e. The molecule has 0 saturated heterocycles. The third-order valence-electron chi connectivity index (χ3n) is 6.19. The molecule has 0 aromatic heterocycles. The maximum absolute atomic E-state index is 10.4. The summed E-state index contributed by atoms with van der Waals surface area (Å²) in [5.74, 6) is 1.35. The van der Waals surface area contributed by atoms with Crippen LogP contribution in [0, 0.1) is 20.8 Å². The van der Waals surface area contributed by atoms with Crippen LogP contribution in [0.2, 0.25) is 0 Å². The molecule has 31 heavy (non-hydrogen) atoms. The highest BCUT2D eigenvalue weighted by Gasteiger charge is 2.32. The zero-order valence-electron chi connectivity index (χ0n) is 20.7. The summed E-state index contributed by atoms with van der Waals surface area (Å²) in [6, 6.07) is 0. The number of allylic oxidation sites excluding steroid dienone is 9. The van der Waals surface area contributed by atoms with Crippen molar-refractivity contribution in [3.05, 3.63) is 81.5 Å². The number of phenols is 1. The molecule has 0 aliphatic carbocycles. The van der Waals surface area contributed by atoms with E-state index in [9.17, 15) is 5.11 Å². The Morgan fingerprint density at radius 3 is 2.39 bits per heavy atom. The molecule has 1 aromatic rings. The van der Waals surface area contributed by atoms with E-state index in [1.54, 1.807) is 0 Å². The number of rotatable bonds is 7. The summed E-state index contributed by atoms with van der Waals surface area (Å²) in [4.78, 5) is 0. The molecule has 0 radical (unpaired) electrons. The van der Waals surface area contributed by atoms with Crippen LogP contribution in [0.15, 0.2) is 59.3 Å². The lowest BCUT2D eigenvalue weighted by molar-refractivity contribution is 0.112. The van der Waals surface area contributed by atoms with Crippen molar-refractivity contribution in [1.82, 2.24) is 0 Å². The first-order valence-electron chi connectivity index (χ1n) is 11.4. The van der Waals surface area contributed by atoms with E-state index in [0.717, 1.165) is 53.7 Å². The van der Waals surface area contributed by atoms with Gasteiger partial charge in [0.15, 0.2) is 0 Å². The number of aromatic hydroxyl groups is 1. The van der Waals surface area contributed by atoms with Crippen molar-refractivity contribution < 1.29 is 9.84 Å². The summed E-state index contributed by atoms with van der Waals surface area (Å²) in [7, 11) is 0. The van der Waals surface area contributed by atoms with Crippen molar-refractivity contribution in [2.24, 2.45) is 0 Å². The van der Waals surface area contributed by atoms with Crippen LogP contribution in [0.4, 0.5) is 0 Å². The Bertz CT molecular complexity index is 950. The number of fused-ring (bicyclic) bond motifs is 1. The molecule has 1 atom stereocenters. The molecule has 1 aromatic carbocycles. The van der Waals surface area contributed by atoms with E-state index in [1.165, 1.54) is 16.7 Å². The molecule has 0 fully saturated rings. The first kappa shape index (κ1) is 24.8. The Labute approximate surface area is 189 Å². The number of ether oxygens (including phenoxy) is 1. The number of phenolic OH excluding ortho intramolecular Hbond substituents is 1. The highest BCUT2D eigenvalue weighted by atomic mass is 16.5. The van der Waals surface area contributed by atoms with E-state index in [-0.39, 0.29) is 5.60 Å². The molecule has 0 bridgehead atoms. The molecule has 2 heteroatoms. The Hall–Kier alpha value is -2.48. The fourth-order valence-corrected chi connectivity index (χ4v) is 3.88. The van der Waals surface area contributed by atoms with Gasteiger partial charge in [-0.15, -0.1) is 0 Å². The number of hydrogen-bond donors (Lipinski definition) is 1. The van der Waals surface area contributed by atoms with Gasteiger partial charge in [-0.1, -0.05) is 53.2 Å². The van der Waals surface area contributed by atoms with Gasteiger partial charge >= 0.3 is 0 Å². The van der Waals surface area contributed by atoms with Gasteiger partial charge in [-0.25, -0.2) is 0 Å². The minimum Gasteiger partial charge on any atom is -0.507 e. The smallest absolute Gasteiger partial charge is 0.127 e. The molecule has 1 heterocycles. The van der Waals surface area contributed by atoms with Gasteiger partial charge < -0.3 is 9.84 Å². The van der Waals surface area contributed by atoms with Crippen molar-refractivity contribution in [2.45, 2.75) is 86.7 Å². The lowest BCUT2D eigenvalue weighted by Crippen LogP contribution is -2.35. The molecule has 0 amide bonds. The highest BCUT2D eigenvalue weighted by molar-refractivity contribution is 5.58. The molecule has 1 N–H and O–H groups in total. The summed E-state index contributed by atoms with van der Waals surface area (Å²) in [6.45, 7) is 16.7. The van der Waals surface area contributed by atoms with E-state index < -0.39 is 0 Å². The topological polar surface area (TPSA) is 29.5 Å². The van der Waals surface area contributed by atoms with Gasteiger partial charge in [0.2, 0.25) is 0 Å². The molecule has 1 unspecified atom stereocenters. The molecule has 2 rings (SSSR count). The maximum atomic E-state index is 10.4. The normalized spacial score (nSPS) is 19.6. The maximum Gasteiger partial charge on any atom is 0.127 e. The SMILES string of the molecule is CC(C)=CCCC(C)=CC=C/C(C)=C\C=C\C1(C)CCc2c(C)c(O)c(C)c(C)c2O1. The Morgan fingerprint density at radius 2 is 1.71 bits per heavy atom. The van der Waals surface area contributed by atoms with Gasteiger partial charge in [0.05, 0.1) is 0 Å². The predicted molar refractivity (Wildman–Crippen MR) is 134 cm³/mol. The fraction of sp³-hybridized carbons (Fsp3) is 0.448. The van der Waals surface area contributed by atoms with Crippen LogP contribution in [-0.2, 0) is 6.42 Å². The molecular formula is C29H40O2. The van der Waals surface area contributed by atoms with Gasteiger partial charge in [-0.3, -0.25) is 0 Å². The van der Waals surface area contributed by atoms with Crippen LogP contribution in [0.5, 0.6) is 11.5 Å². The number of hydrogen-bond acceptors (Lipinski definition) is 2. The summed E-state index contributed by atoms with van der Waals surface area (Å²) in [5, 5.41) is 10.4. The van der Waals surface area contributed by atoms with Gasteiger partial charge in [0.25, 0.3) is 0 Å². The van der Waals surface area contributed by atoms with Crippen LogP contribution >= 0.6 is 0 Å². The average Bonchev–Trinajstić information content (AvgIpc) is 2.70. The van der Waals surface area contributed by atoms with Gasteiger partial charge in [0.1, 0.15) is 17.1 Å². The first-order valence-corrected chi connectivity index (χ1v) is 11.4. The van der Waals surface area contributed by atoms with Crippen LogP contribution in [0.1, 0.15) is 76.1 Å². The molecule has 2 nitrogen and oxygen atoms in total. The van der Waals surface area contributed by atoms with E-state index in [4.69, 9.17) is 4.74 Å². The standard InChI is InChI=1S/C29H40O2/c1-20(2)12-9-13-21(3)14-10-15-22(4)16-11-18-29(8)19-17-26-25(7)27(30)23(5)24(6)28(26)31-29/h10-12,14-16,18,30H,9,13,17,19H2,1-8H3/b15-10?,18-11+,21-14?,22-16-. The molecule has 0 saturated carbocycles. The summed E-state index contributed by atoms with van der Waals surface area (Å²) in [5.41, 5.74) is 7.69. The van der Waals surface area contributed by atoms with Gasteiger partial charge in [-0.2, -0.15) is 0 Å². The Kier molecular flexibility index (Phi) is 8.56. The zero-order valence-corrected chi connectivity index (χ0v) is 20.7. The van der Waals surface area contributed by atoms with Gasteiger partial charge in [0, 0.05) is 5.56 Å². The minimum absolute atomic E-state index is 0.338. The zero-order chi connectivity index (χ0) is 23.2. The Balaban J connectivity index is 2.04. The average molecular weight is 421 g/mol.